The maximum atomic E-state index is 5.80. The first kappa shape index (κ1) is 14.5. The summed E-state index contributed by atoms with van der Waals surface area (Å²) in [6.45, 7) is 7.19. The molecule has 0 amide bonds. The number of rotatable bonds is 4. The fourth-order valence-corrected chi connectivity index (χ4v) is 1.93. The van der Waals surface area contributed by atoms with E-state index in [-0.39, 0.29) is 5.41 Å². The number of aromatic nitrogens is 1. The lowest BCUT2D eigenvalue weighted by atomic mass is 9.87. The second kappa shape index (κ2) is 6.06. The van der Waals surface area contributed by atoms with Gasteiger partial charge in [-0.3, -0.25) is 0 Å². The minimum Gasteiger partial charge on any atom is -0.439 e. The van der Waals surface area contributed by atoms with E-state index in [0.29, 0.717) is 12.4 Å². The van der Waals surface area contributed by atoms with Crippen LogP contribution in [0.5, 0.6) is 11.6 Å². The molecule has 3 nitrogen and oxygen atoms in total. The summed E-state index contributed by atoms with van der Waals surface area (Å²) in [6, 6.07) is 12.0. The monoisotopic (exact) mass is 270 g/mol. The first-order valence-corrected chi connectivity index (χ1v) is 6.92. The van der Waals surface area contributed by atoms with E-state index in [0.717, 1.165) is 17.7 Å². The van der Waals surface area contributed by atoms with E-state index >= 15 is 0 Å². The molecule has 1 heterocycles. The fourth-order valence-electron chi connectivity index (χ4n) is 1.93. The van der Waals surface area contributed by atoms with Gasteiger partial charge in [0.25, 0.3) is 0 Å². The molecule has 2 aromatic rings. The van der Waals surface area contributed by atoms with Crippen LogP contribution in [0.4, 0.5) is 0 Å². The third kappa shape index (κ3) is 3.81. The molecule has 0 unspecified atom stereocenters. The van der Waals surface area contributed by atoms with Gasteiger partial charge in [0.15, 0.2) is 0 Å². The molecule has 0 fully saturated rings. The lowest BCUT2D eigenvalue weighted by Crippen LogP contribution is -2.10. The van der Waals surface area contributed by atoms with Gasteiger partial charge in [-0.1, -0.05) is 39.0 Å². The molecule has 0 aliphatic heterocycles. The van der Waals surface area contributed by atoms with E-state index in [1.165, 1.54) is 5.56 Å². The summed E-state index contributed by atoms with van der Waals surface area (Å²) in [5.41, 5.74) is 8.00. The molecule has 2 N–H and O–H groups in total. The number of benzene rings is 1. The Bertz CT molecular complexity index is 556. The Morgan fingerprint density at radius 2 is 1.95 bits per heavy atom. The predicted molar refractivity (Wildman–Crippen MR) is 82.2 cm³/mol. The van der Waals surface area contributed by atoms with Gasteiger partial charge in [0.1, 0.15) is 5.75 Å². The van der Waals surface area contributed by atoms with E-state index in [9.17, 15) is 0 Å². The molecule has 0 aliphatic rings. The largest absolute Gasteiger partial charge is 0.439 e. The molecule has 2 rings (SSSR count). The Labute approximate surface area is 120 Å². The van der Waals surface area contributed by atoms with Crippen molar-refractivity contribution >= 4 is 0 Å². The SMILES string of the molecule is CC(C)(C)c1cccc(Oc2ccc(CCN)cn2)c1. The minimum absolute atomic E-state index is 0.109. The molecule has 0 bridgehead atoms. The fraction of sp³-hybridized carbons (Fsp3) is 0.353. The minimum atomic E-state index is 0.109. The number of ether oxygens (including phenoxy) is 1. The molecule has 0 radical (unpaired) electrons. The van der Waals surface area contributed by atoms with Crippen LogP contribution in [0.2, 0.25) is 0 Å². The van der Waals surface area contributed by atoms with Crippen LogP contribution in [-0.2, 0) is 11.8 Å². The van der Waals surface area contributed by atoms with E-state index in [4.69, 9.17) is 10.5 Å². The highest BCUT2D eigenvalue weighted by molar-refractivity contribution is 5.35. The number of pyridine rings is 1. The number of nitrogens with two attached hydrogens (primary N) is 1. The second-order valence-electron chi connectivity index (χ2n) is 5.92. The van der Waals surface area contributed by atoms with Crippen LogP contribution in [0.15, 0.2) is 42.6 Å². The molecule has 1 aromatic heterocycles. The topological polar surface area (TPSA) is 48.1 Å². The second-order valence-corrected chi connectivity index (χ2v) is 5.92. The normalized spacial score (nSPS) is 11.4. The summed E-state index contributed by atoms with van der Waals surface area (Å²) in [7, 11) is 0. The standard InChI is InChI=1S/C17H22N2O/c1-17(2,3)14-5-4-6-15(11-14)20-16-8-7-13(9-10-18)12-19-16/h4-8,11-12H,9-10,18H2,1-3H3. The van der Waals surface area contributed by atoms with Crippen molar-refractivity contribution < 1.29 is 4.74 Å². The van der Waals surface area contributed by atoms with Gasteiger partial charge in [-0.15, -0.1) is 0 Å². The van der Waals surface area contributed by atoms with Crippen LogP contribution in [-0.4, -0.2) is 11.5 Å². The van der Waals surface area contributed by atoms with Gasteiger partial charge in [-0.05, 0) is 41.6 Å². The summed E-state index contributed by atoms with van der Waals surface area (Å²) in [6.07, 6.45) is 2.66. The van der Waals surface area contributed by atoms with Crippen molar-refractivity contribution in [1.82, 2.24) is 4.98 Å². The molecule has 0 spiro atoms. The highest BCUT2D eigenvalue weighted by Crippen LogP contribution is 2.27. The third-order valence-electron chi connectivity index (χ3n) is 3.15. The molecule has 1 aromatic carbocycles. The van der Waals surface area contributed by atoms with Crippen LogP contribution in [0, 0.1) is 0 Å². The van der Waals surface area contributed by atoms with Crippen molar-refractivity contribution in [2.45, 2.75) is 32.6 Å². The first-order chi connectivity index (χ1) is 9.49. The van der Waals surface area contributed by atoms with Gasteiger partial charge in [0.2, 0.25) is 5.88 Å². The Kier molecular flexibility index (Phi) is 4.40. The van der Waals surface area contributed by atoms with E-state index in [2.05, 4.69) is 37.9 Å². The quantitative estimate of drug-likeness (QED) is 0.922. The van der Waals surface area contributed by atoms with E-state index in [1.807, 2.05) is 30.5 Å². The summed E-state index contributed by atoms with van der Waals surface area (Å²) in [5, 5.41) is 0. The maximum Gasteiger partial charge on any atom is 0.219 e. The highest BCUT2D eigenvalue weighted by atomic mass is 16.5. The van der Waals surface area contributed by atoms with E-state index < -0.39 is 0 Å². The number of nitrogens with zero attached hydrogens (tertiary/aromatic N) is 1. The smallest absolute Gasteiger partial charge is 0.219 e. The van der Waals surface area contributed by atoms with Crippen LogP contribution < -0.4 is 10.5 Å². The summed E-state index contributed by atoms with van der Waals surface area (Å²) in [5.74, 6) is 1.42. The summed E-state index contributed by atoms with van der Waals surface area (Å²) in [4.78, 5) is 4.31. The lowest BCUT2D eigenvalue weighted by Gasteiger charge is -2.19. The summed E-state index contributed by atoms with van der Waals surface area (Å²) < 4.78 is 5.80. The van der Waals surface area contributed by atoms with Crippen LogP contribution >= 0.6 is 0 Å². The first-order valence-electron chi connectivity index (χ1n) is 6.92. The molecule has 0 saturated heterocycles. The molecule has 0 saturated carbocycles. The van der Waals surface area contributed by atoms with Crippen molar-refractivity contribution in [3.63, 3.8) is 0 Å². The summed E-state index contributed by atoms with van der Waals surface area (Å²) >= 11 is 0. The van der Waals surface area contributed by atoms with Gasteiger partial charge in [0, 0.05) is 12.3 Å². The number of hydrogen-bond donors (Lipinski definition) is 1. The Morgan fingerprint density at radius 3 is 2.55 bits per heavy atom. The van der Waals surface area contributed by atoms with Crippen LogP contribution in [0.1, 0.15) is 31.9 Å². The van der Waals surface area contributed by atoms with Gasteiger partial charge in [-0.2, -0.15) is 0 Å². The third-order valence-corrected chi connectivity index (χ3v) is 3.15. The van der Waals surface area contributed by atoms with E-state index in [1.54, 1.807) is 0 Å². The van der Waals surface area contributed by atoms with Crippen molar-refractivity contribution in [3.05, 3.63) is 53.7 Å². The van der Waals surface area contributed by atoms with Crippen molar-refractivity contribution in [2.24, 2.45) is 5.73 Å². The molecule has 0 atom stereocenters. The average Bonchev–Trinajstić information content (AvgIpc) is 2.41. The average molecular weight is 270 g/mol. The molecule has 106 valence electrons. The van der Waals surface area contributed by atoms with Crippen LogP contribution in [0.3, 0.4) is 0 Å². The van der Waals surface area contributed by atoms with Gasteiger partial charge >= 0.3 is 0 Å². The number of hydrogen-bond acceptors (Lipinski definition) is 3. The van der Waals surface area contributed by atoms with Crippen molar-refractivity contribution in [3.8, 4) is 11.6 Å². The zero-order chi connectivity index (χ0) is 14.6. The Morgan fingerprint density at radius 1 is 1.15 bits per heavy atom. The van der Waals surface area contributed by atoms with Crippen molar-refractivity contribution in [1.29, 1.82) is 0 Å². The van der Waals surface area contributed by atoms with Gasteiger partial charge in [0.05, 0.1) is 0 Å². The van der Waals surface area contributed by atoms with Crippen LogP contribution in [0.25, 0.3) is 0 Å². The zero-order valence-electron chi connectivity index (χ0n) is 12.4. The van der Waals surface area contributed by atoms with Crippen molar-refractivity contribution in [2.75, 3.05) is 6.54 Å². The van der Waals surface area contributed by atoms with Gasteiger partial charge < -0.3 is 10.5 Å². The predicted octanol–water partition coefficient (Wildman–Crippen LogP) is 3.67. The highest BCUT2D eigenvalue weighted by Gasteiger charge is 2.14. The lowest BCUT2D eigenvalue weighted by molar-refractivity contribution is 0.459. The molecule has 0 aliphatic carbocycles. The van der Waals surface area contributed by atoms with Gasteiger partial charge in [-0.25, -0.2) is 4.98 Å². The molecule has 20 heavy (non-hydrogen) atoms. The maximum absolute atomic E-state index is 5.80. The zero-order valence-corrected chi connectivity index (χ0v) is 12.4. The Balaban J connectivity index is 2.13. The molecular formula is C17H22N2O. The molecular weight excluding hydrogens is 248 g/mol. The Hall–Kier alpha value is -1.87. The molecule has 3 heteroatoms.